The molecule has 376 valence electrons. The molecule has 0 aliphatic carbocycles. The summed E-state index contributed by atoms with van der Waals surface area (Å²) in [5.41, 5.74) is 11.1. The topological polar surface area (TPSA) is 256 Å². The first-order valence-electron chi connectivity index (χ1n) is 22.9. The Morgan fingerprint density at radius 3 is 2.13 bits per heavy atom. The molecule has 1 aromatic heterocycles. The lowest BCUT2D eigenvalue weighted by atomic mass is 9.96. The third kappa shape index (κ3) is 14.1. The average molecular weight is 1020 g/mol. The Hall–Kier alpha value is -5.91. The minimum Gasteiger partial charge on any atom is -0.497 e. The molecule has 1 amide bonds. The van der Waals surface area contributed by atoms with Crippen LogP contribution in [0.1, 0.15) is 50.3 Å². The number of hydrogen-bond acceptors (Lipinski definition) is 13. The third-order valence-corrected chi connectivity index (χ3v) is 20.5. The van der Waals surface area contributed by atoms with Crippen molar-refractivity contribution >= 4 is 40.1 Å². The quantitative estimate of drug-likeness (QED) is 0.0181. The van der Waals surface area contributed by atoms with Crippen LogP contribution in [0.4, 0.5) is 10.5 Å². The molecule has 0 bridgehead atoms. The largest absolute Gasteiger partial charge is 0.497 e. The third-order valence-electron chi connectivity index (χ3n) is 12.5. The van der Waals surface area contributed by atoms with Gasteiger partial charge in [-0.15, -0.1) is 10.2 Å². The summed E-state index contributed by atoms with van der Waals surface area (Å²) in [6.07, 6.45) is -0.971. The predicted octanol–water partition coefficient (Wildman–Crippen LogP) is 7.27. The number of nitrogens with zero attached hydrogens (tertiary/aromatic N) is 9. The highest BCUT2D eigenvalue weighted by atomic mass is 32.2. The number of sulfonamides is 2. The molecule has 1 aliphatic rings. The molecule has 1 fully saturated rings. The standard InChI is InChI=1S/C47H63N11O9S2Si/c1-47(2,3)70(5,6)67-40(29-49-46(59)60)30-51-68(61,62)42-22-21-41(56-26-23-38(24-27-56)34-66-28-25-50-54-48)43(45-52-55-58(53-45)33-37-17-19-39(65-4)20-18-37)44(42)69(63,64)57(31-35-13-9-7-10-14-35)32-36-15-11-8-12-16-36/h7-22,38,40,49,51H,23-34H2,1-6H3,(H,59,60). The van der Waals surface area contributed by atoms with E-state index in [0.717, 1.165) is 5.56 Å². The normalized spacial score (nSPS) is 14.3. The summed E-state index contributed by atoms with van der Waals surface area (Å²) in [7, 11) is -10.7. The van der Waals surface area contributed by atoms with Crippen molar-refractivity contribution in [2.24, 2.45) is 11.0 Å². The molecule has 1 atom stereocenters. The second-order valence-electron chi connectivity index (χ2n) is 18.5. The monoisotopic (exact) mass is 1020 g/mol. The fourth-order valence-corrected chi connectivity index (χ4v) is 12.5. The molecule has 4 aromatic carbocycles. The molecule has 5 aromatic rings. The minimum atomic E-state index is -4.86. The molecular weight excluding hydrogens is 955 g/mol. The summed E-state index contributed by atoms with van der Waals surface area (Å²) in [6.45, 7) is 11.0. The van der Waals surface area contributed by atoms with Gasteiger partial charge in [0.1, 0.15) is 15.5 Å². The van der Waals surface area contributed by atoms with Crippen molar-refractivity contribution in [1.29, 1.82) is 0 Å². The van der Waals surface area contributed by atoms with E-state index in [1.807, 2.05) is 63.0 Å². The number of carbonyl (C=O) groups is 1. The highest BCUT2D eigenvalue weighted by Crippen LogP contribution is 2.42. The lowest BCUT2D eigenvalue weighted by Crippen LogP contribution is -2.50. The molecule has 0 spiro atoms. The van der Waals surface area contributed by atoms with Crippen LogP contribution in [0.25, 0.3) is 21.8 Å². The molecule has 1 saturated heterocycles. The van der Waals surface area contributed by atoms with Gasteiger partial charge >= 0.3 is 6.09 Å². The molecule has 1 unspecified atom stereocenters. The molecule has 1 aliphatic heterocycles. The summed E-state index contributed by atoms with van der Waals surface area (Å²) in [5, 5.41) is 28.7. The fourth-order valence-electron chi connectivity index (χ4n) is 7.71. The number of carboxylic acid groups (broad SMARTS) is 1. The van der Waals surface area contributed by atoms with Crippen LogP contribution in [0.5, 0.6) is 5.75 Å². The van der Waals surface area contributed by atoms with E-state index < -0.39 is 56.9 Å². The van der Waals surface area contributed by atoms with Crippen molar-refractivity contribution in [3.8, 4) is 17.1 Å². The maximum Gasteiger partial charge on any atom is 0.404 e. The Labute approximate surface area is 411 Å². The Morgan fingerprint density at radius 2 is 1.56 bits per heavy atom. The lowest BCUT2D eigenvalue weighted by Gasteiger charge is -2.39. The number of tetrazole rings is 1. The molecule has 0 radical (unpaired) electrons. The highest BCUT2D eigenvalue weighted by Gasteiger charge is 2.41. The lowest BCUT2D eigenvalue weighted by molar-refractivity contribution is 0.0961. The number of amides is 1. The van der Waals surface area contributed by atoms with Crippen molar-refractivity contribution in [2.75, 3.05) is 57.9 Å². The molecule has 0 saturated carbocycles. The van der Waals surface area contributed by atoms with Crippen LogP contribution in [-0.2, 0) is 48.8 Å². The summed E-state index contributed by atoms with van der Waals surface area (Å²) in [6, 6.07) is 28.2. The van der Waals surface area contributed by atoms with Crippen LogP contribution in [0.15, 0.2) is 112 Å². The van der Waals surface area contributed by atoms with E-state index in [0.29, 0.717) is 55.1 Å². The van der Waals surface area contributed by atoms with Crippen LogP contribution in [0.2, 0.25) is 18.1 Å². The van der Waals surface area contributed by atoms with Crippen LogP contribution in [0.3, 0.4) is 0 Å². The summed E-state index contributed by atoms with van der Waals surface area (Å²) in [4.78, 5) is 16.7. The summed E-state index contributed by atoms with van der Waals surface area (Å²) in [5.74, 6) is 0.676. The van der Waals surface area contributed by atoms with E-state index in [-0.39, 0.29) is 61.7 Å². The number of benzene rings is 4. The van der Waals surface area contributed by atoms with Gasteiger partial charge in [0.2, 0.25) is 25.9 Å². The van der Waals surface area contributed by atoms with E-state index >= 15 is 16.8 Å². The number of methoxy groups -OCH3 is 1. The number of anilines is 1. The summed E-state index contributed by atoms with van der Waals surface area (Å²) < 4.78 is 83.9. The average Bonchev–Trinajstić information content (AvgIpc) is 3.80. The molecule has 23 heteroatoms. The predicted molar refractivity (Wildman–Crippen MR) is 268 cm³/mol. The van der Waals surface area contributed by atoms with Gasteiger partial charge in [-0.3, -0.25) is 0 Å². The van der Waals surface area contributed by atoms with Crippen LogP contribution >= 0.6 is 0 Å². The second-order valence-corrected chi connectivity index (χ2v) is 26.9. The zero-order valence-corrected chi connectivity index (χ0v) is 43.1. The number of aromatic nitrogens is 4. The van der Waals surface area contributed by atoms with Gasteiger partial charge in [-0.05, 0) is 88.6 Å². The highest BCUT2D eigenvalue weighted by molar-refractivity contribution is 7.92. The van der Waals surface area contributed by atoms with Gasteiger partial charge in [-0.25, -0.2) is 26.4 Å². The van der Waals surface area contributed by atoms with Gasteiger partial charge in [0.15, 0.2) is 8.32 Å². The number of nitrogens with one attached hydrogen (secondary N) is 2. The smallest absolute Gasteiger partial charge is 0.404 e. The first-order valence-corrected chi connectivity index (χ1v) is 28.8. The first kappa shape index (κ1) is 53.4. The number of azide groups is 1. The van der Waals surface area contributed by atoms with Gasteiger partial charge in [-0.1, -0.05) is 98.7 Å². The van der Waals surface area contributed by atoms with E-state index in [1.54, 1.807) is 73.8 Å². The summed E-state index contributed by atoms with van der Waals surface area (Å²) >= 11 is 0. The van der Waals surface area contributed by atoms with E-state index in [9.17, 15) is 9.90 Å². The Bertz CT molecular complexity index is 2740. The zero-order chi connectivity index (χ0) is 50.5. The molecule has 70 heavy (non-hydrogen) atoms. The van der Waals surface area contributed by atoms with Gasteiger partial charge in [0.05, 0.1) is 31.9 Å². The molecule has 3 N–H and O–H groups in total. The number of hydrogen-bond donors (Lipinski definition) is 3. The van der Waals surface area contributed by atoms with Crippen LogP contribution in [0, 0.1) is 5.92 Å². The van der Waals surface area contributed by atoms with E-state index in [1.165, 1.54) is 15.2 Å². The van der Waals surface area contributed by atoms with Crippen molar-refractivity contribution in [3.63, 3.8) is 0 Å². The van der Waals surface area contributed by atoms with Crippen molar-refractivity contribution in [2.45, 2.75) is 87.3 Å². The molecular formula is C47H63N11O9S2Si. The Kier molecular flexibility index (Phi) is 18.2. The van der Waals surface area contributed by atoms with Gasteiger partial charge in [-0.2, -0.15) is 9.10 Å². The Morgan fingerprint density at radius 1 is 0.929 bits per heavy atom. The maximum atomic E-state index is 16.0. The fraction of sp³-hybridized carbons (Fsp3) is 0.447. The van der Waals surface area contributed by atoms with Crippen LogP contribution < -0.4 is 19.7 Å². The van der Waals surface area contributed by atoms with Gasteiger partial charge in [0.25, 0.3) is 0 Å². The first-order chi connectivity index (χ1) is 33.3. The van der Waals surface area contributed by atoms with E-state index in [4.69, 9.17) is 24.5 Å². The second kappa shape index (κ2) is 23.8. The van der Waals surface area contributed by atoms with Crippen molar-refractivity contribution in [1.82, 2.24) is 34.6 Å². The van der Waals surface area contributed by atoms with Gasteiger partial charge in [0, 0.05) is 63.0 Å². The Balaban J connectivity index is 1.53. The van der Waals surface area contributed by atoms with Crippen molar-refractivity contribution in [3.05, 3.63) is 124 Å². The number of ether oxygens (including phenoxy) is 2. The SMILES string of the molecule is COc1ccc(Cn2nnc(-c3c(N4CCC(COCCN=[N+]=[N-])CC4)ccc(S(=O)(=O)NCC(CNC(=O)O)O[Si](C)(C)C(C)(C)C)c3S(=O)(=O)N(Cc3ccccc3)Cc3ccccc3)n2)cc1. The maximum absolute atomic E-state index is 16.0. The number of rotatable bonds is 24. The molecule has 2 heterocycles. The zero-order valence-electron chi connectivity index (χ0n) is 40.4. The van der Waals surface area contributed by atoms with E-state index in [2.05, 4.69) is 30.4 Å². The minimum absolute atomic E-state index is 0.0549. The molecule has 6 rings (SSSR count). The van der Waals surface area contributed by atoms with Crippen molar-refractivity contribution < 1.29 is 40.6 Å². The van der Waals surface area contributed by atoms with Gasteiger partial charge < -0.3 is 29.2 Å². The molecule has 20 nitrogen and oxygen atoms in total. The number of piperidine rings is 1. The van der Waals surface area contributed by atoms with Crippen LogP contribution in [-0.4, -0.2) is 120 Å².